The van der Waals surface area contributed by atoms with Crippen LogP contribution in [0.5, 0.6) is 0 Å². The number of nitrogens with one attached hydrogen (secondary N) is 1. The summed E-state index contributed by atoms with van der Waals surface area (Å²) in [4.78, 5) is 0. The number of piperidine rings is 1. The van der Waals surface area contributed by atoms with E-state index in [2.05, 4.69) is 17.4 Å². The molecule has 2 saturated heterocycles. The van der Waals surface area contributed by atoms with Gasteiger partial charge in [-0.1, -0.05) is 29.8 Å². The number of rotatable bonds is 3. The Morgan fingerprint density at radius 1 is 1.33 bits per heavy atom. The quantitative estimate of drug-likeness (QED) is 0.907. The van der Waals surface area contributed by atoms with E-state index in [1.807, 2.05) is 12.1 Å². The lowest BCUT2D eigenvalue weighted by molar-refractivity contribution is -0.0726. The lowest BCUT2D eigenvalue weighted by Gasteiger charge is -2.45. The third-order valence-electron chi connectivity index (χ3n) is 4.28. The van der Waals surface area contributed by atoms with Gasteiger partial charge in [0, 0.05) is 10.4 Å². The molecule has 1 aromatic rings. The lowest BCUT2D eigenvalue weighted by atomic mass is 9.71. The van der Waals surface area contributed by atoms with Crippen molar-refractivity contribution in [2.24, 2.45) is 5.92 Å². The summed E-state index contributed by atoms with van der Waals surface area (Å²) in [5.41, 5.74) is 1.45. The molecule has 2 aliphatic heterocycles. The minimum Gasteiger partial charge on any atom is -0.379 e. The molecule has 1 N–H and O–H groups in total. The van der Waals surface area contributed by atoms with Gasteiger partial charge in [-0.15, -0.1) is 0 Å². The fraction of sp³-hybridized carbons (Fsp3) is 0.600. The minimum absolute atomic E-state index is 0.169. The standard InChI is InChI=1S/C15H20ClNO/c16-14-6-2-1-5-13(14)15(10-18-11-15)8-12-4-3-7-17-9-12/h1-2,5-6,12,17H,3-4,7-11H2. The van der Waals surface area contributed by atoms with Crippen molar-refractivity contribution in [1.29, 1.82) is 0 Å². The van der Waals surface area contributed by atoms with Crippen molar-refractivity contribution in [3.8, 4) is 0 Å². The first-order valence-electron chi connectivity index (χ1n) is 6.84. The van der Waals surface area contributed by atoms with Gasteiger partial charge in [-0.25, -0.2) is 0 Å². The van der Waals surface area contributed by atoms with Crippen molar-refractivity contribution < 1.29 is 4.74 Å². The Morgan fingerprint density at radius 3 is 2.78 bits per heavy atom. The molecule has 1 atom stereocenters. The van der Waals surface area contributed by atoms with Crippen LogP contribution in [-0.4, -0.2) is 26.3 Å². The Morgan fingerprint density at radius 2 is 2.17 bits per heavy atom. The third kappa shape index (κ3) is 2.29. The zero-order valence-electron chi connectivity index (χ0n) is 10.6. The second-order valence-electron chi connectivity index (χ2n) is 5.67. The normalized spacial score (nSPS) is 26.6. The summed E-state index contributed by atoms with van der Waals surface area (Å²) < 4.78 is 5.51. The van der Waals surface area contributed by atoms with Crippen LogP contribution in [0.4, 0.5) is 0 Å². The van der Waals surface area contributed by atoms with Gasteiger partial charge in [-0.2, -0.15) is 0 Å². The zero-order chi connectivity index (χ0) is 12.4. The molecule has 0 saturated carbocycles. The number of ether oxygens (including phenoxy) is 1. The average molecular weight is 266 g/mol. The summed E-state index contributed by atoms with van der Waals surface area (Å²) in [5, 5.41) is 4.39. The van der Waals surface area contributed by atoms with E-state index in [4.69, 9.17) is 16.3 Å². The van der Waals surface area contributed by atoms with E-state index in [0.717, 1.165) is 30.7 Å². The Balaban J connectivity index is 1.79. The largest absolute Gasteiger partial charge is 0.379 e. The van der Waals surface area contributed by atoms with Crippen LogP contribution in [0.3, 0.4) is 0 Å². The summed E-state index contributed by atoms with van der Waals surface area (Å²) in [5.74, 6) is 0.763. The Bertz CT molecular complexity index is 411. The second-order valence-corrected chi connectivity index (χ2v) is 6.08. The van der Waals surface area contributed by atoms with Crippen LogP contribution in [0.15, 0.2) is 24.3 Å². The number of hydrogen-bond donors (Lipinski definition) is 1. The van der Waals surface area contributed by atoms with E-state index < -0.39 is 0 Å². The SMILES string of the molecule is Clc1ccccc1C1(CC2CCCNC2)COC1. The van der Waals surface area contributed by atoms with Crippen LogP contribution in [0, 0.1) is 5.92 Å². The molecule has 3 rings (SSSR count). The average Bonchev–Trinajstić information content (AvgIpc) is 2.36. The van der Waals surface area contributed by atoms with Gasteiger partial charge >= 0.3 is 0 Å². The molecule has 2 aliphatic rings. The molecule has 0 bridgehead atoms. The summed E-state index contributed by atoms with van der Waals surface area (Å²) in [7, 11) is 0. The maximum atomic E-state index is 6.37. The minimum atomic E-state index is 0.169. The summed E-state index contributed by atoms with van der Waals surface area (Å²) in [6.07, 6.45) is 3.83. The van der Waals surface area contributed by atoms with Crippen molar-refractivity contribution in [3.63, 3.8) is 0 Å². The molecule has 18 heavy (non-hydrogen) atoms. The molecule has 3 heteroatoms. The molecule has 0 spiro atoms. The Hall–Kier alpha value is -0.570. The molecule has 1 aromatic carbocycles. The highest BCUT2D eigenvalue weighted by Crippen LogP contribution is 2.42. The van der Waals surface area contributed by atoms with Gasteiger partial charge in [-0.3, -0.25) is 0 Å². The molecular weight excluding hydrogens is 246 g/mol. The van der Waals surface area contributed by atoms with Gasteiger partial charge < -0.3 is 10.1 Å². The Kier molecular flexibility index (Phi) is 3.60. The number of hydrogen-bond acceptors (Lipinski definition) is 2. The molecule has 0 amide bonds. The zero-order valence-corrected chi connectivity index (χ0v) is 11.4. The van der Waals surface area contributed by atoms with E-state index >= 15 is 0 Å². The van der Waals surface area contributed by atoms with Crippen LogP contribution < -0.4 is 5.32 Å². The van der Waals surface area contributed by atoms with Gasteiger partial charge in [0.15, 0.2) is 0 Å². The molecule has 2 fully saturated rings. The van der Waals surface area contributed by atoms with E-state index in [1.54, 1.807) is 0 Å². The first-order valence-corrected chi connectivity index (χ1v) is 7.21. The number of halogens is 1. The fourth-order valence-electron chi connectivity index (χ4n) is 3.27. The van der Waals surface area contributed by atoms with Gasteiger partial charge in [-0.05, 0) is 49.9 Å². The lowest BCUT2D eigenvalue weighted by Crippen LogP contribution is -2.49. The predicted octanol–water partition coefficient (Wildman–Crippen LogP) is 3.00. The summed E-state index contributed by atoms with van der Waals surface area (Å²) in [6.45, 7) is 3.97. The van der Waals surface area contributed by atoms with Crippen molar-refractivity contribution in [3.05, 3.63) is 34.9 Å². The Labute approximate surface area is 114 Å². The molecule has 0 aliphatic carbocycles. The fourth-order valence-corrected chi connectivity index (χ4v) is 3.61. The first-order chi connectivity index (χ1) is 8.80. The van der Waals surface area contributed by atoms with Crippen molar-refractivity contribution in [2.75, 3.05) is 26.3 Å². The van der Waals surface area contributed by atoms with Gasteiger partial charge in [0.2, 0.25) is 0 Å². The smallest absolute Gasteiger partial charge is 0.0586 e. The van der Waals surface area contributed by atoms with Crippen LogP contribution in [0.1, 0.15) is 24.8 Å². The van der Waals surface area contributed by atoms with Crippen LogP contribution in [0.2, 0.25) is 5.02 Å². The van der Waals surface area contributed by atoms with Crippen LogP contribution in [-0.2, 0) is 10.2 Å². The van der Waals surface area contributed by atoms with E-state index in [9.17, 15) is 0 Å². The second kappa shape index (κ2) is 5.20. The first kappa shape index (κ1) is 12.5. The summed E-state index contributed by atoms with van der Waals surface area (Å²) in [6, 6.07) is 8.25. The highest BCUT2D eigenvalue weighted by molar-refractivity contribution is 6.31. The maximum absolute atomic E-state index is 6.37. The molecule has 98 valence electrons. The van der Waals surface area contributed by atoms with E-state index in [-0.39, 0.29) is 5.41 Å². The van der Waals surface area contributed by atoms with E-state index in [0.29, 0.717) is 0 Å². The maximum Gasteiger partial charge on any atom is 0.0586 e. The molecule has 0 radical (unpaired) electrons. The van der Waals surface area contributed by atoms with Gasteiger partial charge in [0.05, 0.1) is 13.2 Å². The van der Waals surface area contributed by atoms with Crippen LogP contribution >= 0.6 is 11.6 Å². The molecule has 2 heterocycles. The number of benzene rings is 1. The summed E-state index contributed by atoms with van der Waals surface area (Å²) >= 11 is 6.37. The van der Waals surface area contributed by atoms with E-state index in [1.165, 1.54) is 31.4 Å². The third-order valence-corrected chi connectivity index (χ3v) is 4.61. The van der Waals surface area contributed by atoms with Gasteiger partial charge in [0.1, 0.15) is 0 Å². The molecule has 2 nitrogen and oxygen atoms in total. The monoisotopic (exact) mass is 265 g/mol. The molecule has 1 unspecified atom stereocenters. The predicted molar refractivity (Wildman–Crippen MR) is 74.2 cm³/mol. The highest BCUT2D eigenvalue weighted by atomic mass is 35.5. The van der Waals surface area contributed by atoms with Crippen molar-refractivity contribution >= 4 is 11.6 Å². The molecule has 0 aromatic heterocycles. The van der Waals surface area contributed by atoms with Crippen LogP contribution in [0.25, 0.3) is 0 Å². The van der Waals surface area contributed by atoms with Crippen molar-refractivity contribution in [2.45, 2.75) is 24.7 Å². The topological polar surface area (TPSA) is 21.3 Å². The van der Waals surface area contributed by atoms with Gasteiger partial charge in [0.25, 0.3) is 0 Å². The van der Waals surface area contributed by atoms with Crippen molar-refractivity contribution in [1.82, 2.24) is 5.32 Å². The highest BCUT2D eigenvalue weighted by Gasteiger charge is 2.43. The molecular formula is C15H20ClNO.